The first-order valence-corrected chi connectivity index (χ1v) is 16.4. The molecule has 0 saturated heterocycles. The lowest BCUT2D eigenvalue weighted by Gasteiger charge is -2.19. The number of hydrogen-bond acceptors (Lipinski definition) is 1. The van der Waals surface area contributed by atoms with Gasteiger partial charge in [-0.15, -0.1) is 0 Å². The minimum absolute atomic E-state index is 0.00168. The first-order valence-electron chi connectivity index (χ1n) is 16.4. The lowest BCUT2D eigenvalue weighted by atomic mass is 9.86. The molecule has 0 atom stereocenters. The molecule has 0 spiro atoms. The van der Waals surface area contributed by atoms with Crippen LogP contribution in [0.25, 0.3) is 81.7 Å². The summed E-state index contributed by atoms with van der Waals surface area (Å²) in [6.45, 7) is 13.2. The van der Waals surface area contributed by atoms with Gasteiger partial charge in [0.1, 0.15) is 11.2 Å². The summed E-state index contributed by atoms with van der Waals surface area (Å²) >= 11 is 0. The Morgan fingerprint density at radius 3 is 1.69 bits per heavy atom. The Hall–Kier alpha value is -5.03. The van der Waals surface area contributed by atoms with Gasteiger partial charge in [0.05, 0.1) is 16.6 Å². The zero-order valence-electron chi connectivity index (χ0n) is 27.7. The summed E-state index contributed by atoms with van der Waals surface area (Å²) in [4.78, 5) is 0. The van der Waals surface area contributed by atoms with Crippen LogP contribution >= 0.6 is 0 Å². The molecule has 0 amide bonds. The Kier molecular flexibility index (Phi) is 5.65. The van der Waals surface area contributed by atoms with Crippen LogP contribution in [0.5, 0.6) is 0 Å². The van der Waals surface area contributed by atoms with Gasteiger partial charge in [0, 0.05) is 43.4 Å². The highest BCUT2D eigenvalue weighted by Crippen LogP contribution is 2.47. The Labute approximate surface area is 275 Å². The lowest BCUT2D eigenvalue weighted by Crippen LogP contribution is -2.11. The van der Waals surface area contributed by atoms with Crippen LogP contribution in [0.2, 0.25) is 0 Å². The zero-order valence-corrected chi connectivity index (χ0v) is 27.7. The summed E-state index contributed by atoms with van der Waals surface area (Å²) in [7, 11) is 0. The second-order valence-corrected chi connectivity index (χ2v) is 15.4. The van der Waals surface area contributed by atoms with Crippen molar-refractivity contribution in [2.75, 3.05) is 0 Å². The van der Waals surface area contributed by atoms with Crippen LogP contribution in [0.4, 0.5) is 13.2 Å². The number of hydrogen-bond donors (Lipinski definition) is 0. The maximum absolute atomic E-state index is 13.6. The third kappa shape index (κ3) is 4.06. The van der Waals surface area contributed by atoms with E-state index in [2.05, 4.69) is 119 Å². The van der Waals surface area contributed by atoms with Gasteiger partial charge in [0.2, 0.25) is 0 Å². The molecule has 48 heavy (non-hydrogen) atoms. The second-order valence-electron chi connectivity index (χ2n) is 15.4. The summed E-state index contributed by atoms with van der Waals surface area (Å²) in [5.74, 6) is 0. The molecule has 238 valence electrons. The van der Waals surface area contributed by atoms with Gasteiger partial charge >= 0.3 is 6.18 Å². The lowest BCUT2D eigenvalue weighted by molar-refractivity contribution is -0.137. The van der Waals surface area contributed by atoms with Crippen molar-refractivity contribution in [3.05, 3.63) is 114 Å². The number of rotatable bonds is 1. The number of fused-ring (bicyclic) bond motifs is 8. The van der Waals surface area contributed by atoms with Crippen molar-refractivity contribution >= 4 is 76.1 Å². The summed E-state index contributed by atoms with van der Waals surface area (Å²) in [5, 5.41) is 10.9. The van der Waals surface area contributed by atoms with Crippen molar-refractivity contribution in [2.45, 2.75) is 58.5 Å². The Bertz CT molecular complexity index is 2760. The highest BCUT2D eigenvalue weighted by molar-refractivity contribution is 6.35. The van der Waals surface area contributed by atoms with Crippen molar-refractivity contribution < 1.29 is 17.6 Å². The average molecular weight is 638 g/mol. The molecule has 2 aromatic heterocycles. The molecular weight excluding hydrogens is 603 g/mol. The summed E-state index contributed by atoms with van der Waals surface area (Å²) in [6.07, 6.45) is -4.41. The molecular formula is C43H34F3NO. The molecule has 0 unspecified atom stereocenters. The molecule has 2 heterocycles. The van der Waals surface area contributed by atoms with E-state index in [0.29, 0.717) is 5.69 Å². The van der Waals surface area contributed by atoms with E-state index in [1.54, 1.807) is 12.1 Å². The van der Waals surface area contributed by atoms with Crippen LogP contribution in [-0.4, -0.2) is 4.57 Å². The molecule has 0 aliphatic heterocycles. The second kappa shape index (κ2) is 9.31. The van der Waals surface area contributed by atoms with E-state index in [1.807, 2.05) is 0 Å². The minimum Gasteiger partial charge on any atom is -0.455 e. The summed E-state index contributed by atoms with van der Waals surface area (Å²) < 4.78 is 49.7. The smallest absolute Gasteiger partial charge is 0.416 e. The van der Waals surface area contributed by atoms with Crippen molar-refractivity contribution in [1.29, 1.82) is 0 Å². The van der Waals surface area contributed by atoms with Crippen LogP contribution in [0.3, 0.4) is 0 Å². The maximum Gasteiger partial charge on any atom is 0.416 e. The number of furan rings is 1. The SMILES string of the molecule is CC(C)(C)c1ccc2c(c1)oc1c2cc2ccc3c4c(ccc1c24)cc1c2ccc(C(C)(C)C)cc2n(-c2ccc(C(F)(F)F)cc2)c13. The minimum atomic E-state index is -4.41. The normalized spacial score (nSPS) is 13.5. The maximum atomic E-state index is 13.6. The molecule has 9 aromatic rings. The first kappa shape index (κ1) is 29.1. The number of benzene rings is 7. The number of aromatic nitrogens is 1. The van der Waals surface area contributed by atoms with Gasteiger partial charge in [-0.2, -0.15) is 13.2 Å². The molecule has 0 radical (unpaired) electrons. The Morgan fingerprint density at radius 2 is 1.04 bits per heavy atom. The highest BCUT2D eigenvalue weighted by atomic mass is 19.4. The van der Waals surface area contributed by atoms with Gasteiger partial charge in [-0.3, -0.25) is 0 Å². The van der Waals surface area contributed by atoms with E-state index in [1.165, 1.54) is 17.7 Å². The topological polar surface area (TPSA) is 18.1 Å². The summed E-state index contributed by atoms with van der Waals surface area (Å²) in [5.41, 5.74) is 6.03. The molecule has 0 N–H and O–H groups in total. The third-order valence-electron chi connectivity index (χ3n) is 10.2. The van der Waals surface area contributed by atoms with E-state index in [9.17, 15) is 13.2 Å². The summed E-state index contributed by atoms with van der Waals surface area (Å²) in [6, 6.07) is 31.8. The molecule has 2 nitrogen and oxygen atoms in total. The molecule has 0 fully saturated rings. The van der Waals surface area contributed by atoms with Gasteiger partial charge < -0.3 is 8.98 Å². The quantitative estimate of drug-likeness (QED) is 0.164. The standard InChI is InChI=1S/C43H34F3NO/c1-41(2,3)26-11-17-29-33-19-23-8-16-32-38-24(20-34-30-18-12-27(42(4,5)6)22-36(30)48-40(32)34)7-15-31(37(23)38)39(33)47(35(29)21-26)28-13-9-25(10-14-28)43(44,45)46/h7-22H,1-6H3. The van der Waals surface area contributed by atoms with Crippen LogP contribution in [0, 0.1) is 0 Å². The van der Waals surface area contributed by atoms with Crippen LogP contribution in [-0.2, 0) is 17.0 Å². The van der Waals surface area contributed by atoms with Gasteiger partial charge in [0.15, 0.2) is 0 Å². The third-order valence-corrected chi connectivity index (χ3v) is 10.2. The fourth-order valence-corrected chi connectivity index (χ4v) is 7.67. The monoisotopic (exact) mass is 637 g/mol. The van der Waals surface area contributed by atoms with E-state index < -0.39 is 11.7 Å². The fourth-order valence-electron chi connectivity index (χ4n) is 7.67. The van der Waals surface area contributed by atoms with Crippen LogP contribution in [0.1, 0.15) is 58.2 Å². The fraction of sp³-hybridized carbons (Fsp3) is 0.209. The van der Waals surface area contributed by atoms with E-state index in [0.717, 1.165) is 81.6 Å². The highest BCUT2D eigenvalue weighted by Gasteiger charge is 2.30. The predicted octanol–water partition coefficient (Wildman–Crippen LogP) is 13.2. The predicted molar refractivity (Wildman–Crippen MR) is 194 cm³/mol. The molecule has 9 rings (SSSR count). The molecule has 0 saturated carbocycles. The zero-order chi connectivity index (χ0) is 33.5. The number of nitrogens with zero attached hydrogens (tertiary/aromatic N) is 1. The number of halogens is 3. The molecule has 0 aliphatic carbocycles. The van der Waals surface area contributed by atoms with Crippen LogP contribution < -0.4 is 0 Å². The Morgan fingerprint density at radius 1 is 0.500 bits per heavy atom. The molecule has 7 aromatic carbocycles. The van der Waals surface area contributed by atoms with E-state index in [4.69, 9.17) is 4.42 Å². The first-order chi connectivity index (χ1) is 22.7. The van der Waals surface area contributed by atoms with E-state index >= 15 is 0 Å². The van der Waals surface area contributed by atoms with Gasteiger partial charge in [0.25, 0.3) is 0 Å². The van der Waals surface area contributed by atoms with E-state index in [-0.39, 0.29) is 10.8 Å². The van der Waals surface area contributed by atoms with Crippen LogP contribution in [0.15, 0.2) is 101 Å². The van der Waals surface area contributed by atoms with Crippen molar-refractivity contribution in [3.8, 4) is 5.69 Å². The van der Waals surface area contributed by atoms with Gasteiger partial charge in [-0.05, 0) is 92.7 Å². The molecule has 5 heteroatoms. The number of alkyl halides is 3. The van der Waals surface area contributed by atoms with Gasteiger partial charge in [-0.25, -0.2) is 0 Å². The molecule has 0 bridgehead atoms. The van der Waals surface area contributed by atoms with Crippen molar-refractivity contribution in [2.24, 2.45) is 0 Å². The molecule has 0 aliphatic rings. The van der Waals surface area contributed by atoms with Gasteiger partial charge in [-0.1, -0.05) is 84.0 Å². The average Bonchev–Trinajstić information content (AvgIpc) is 3.57. The largest absolute Gasteiger partial charge is 0.455 e. The Balaban J connectivity index is 1.41. The van der Waals surface area contributed by atoms with Crippen molar-refractivity contribution in [3.63, 3.8) is 0 Å². The van der Waals surface area contributed by atoms with Crippen molar-refractivity contribution in [1.82, 2.24) is 4.57 Å².